The predicted molar refractivity (Wildman–Crippen MR) is 60.9 cm³/mol. The summed E-state index contributed by atoms with van der Waals surface area (Å²) in [4.78, 5) is 1.19. The van der Waals surface area contributed by atoms with Gasteiger partial charge in [0.2, 0.25) is 0 Å². The highest BCUT2D eigenvalue weighted by Gasteiger charge is 2.40. The molecule has 1 aromatic carbocycles. The molecule has 3 heteroatoms. The molecule has 0 aromatic heterocycles. The molecule has 15 heavy (non-hydrogen) atoms. The van der Waals surface area contributed by atoms with Gasteiger partial charge in [-0.15, -0.1) is 0 Å². The maximum atomic E-state index is 9.11. The van der Waals surface area contributed by atoms with E-state index in [2.05, 4.69) is 38.1 Å². The highest BCUT2D eigenvalue weighted by molar-refractivity contribution is 8.01. The Kier molecular flexibility index (Phi) is 2.72. The van der Waals surface area contributed by atoms with Crippen molar-refractivity contribution in [1.29, 1.82) is 5.26 Å². The van der Waals surface area contributed by atoms with Gasteiger partial charge in [-0.05, 0) is 25.5 Å². The fourth-order valence-corrected chi connectivity index (χ4v) is 2.69. The quantitative estimate of drug-likeness (QED) is 0.766. The van der Waals surface area contributed by atoms with E-state index in [-0.39, 0.29) is 4.75 Å². The van der Waals surface area contributed by atoms with Crippen molar-refractivity contribution in [3.63, 3.8) is 0 Å². The predicted octanol–water partition coefficient (Wildman–Crippen LogP) is 2.69. The molecule has 0 radical (unpaired) electrons. The van der Waals surface area contributed by atoms with Gasteiger partial charge in [0.15, 0.2) is 4.75 Å². The smallest absolute Gasteiger partial charge is 0.153 e. The molecule has 0 bridgehead atoms. The first kappa shape index (κ1) is 10.5. The van der Waals surface area contributed by atoms with Crippen LogP contribution in [0.1, 0.15) is 11.1 Å². The molecule has 0 atom stereocenters. The van der Waals surface area contributed by atoms with Crippen LogP contribution in [0.2, 0.25) is 0 Å². The summed E-state index contributed by atoms with van der Waals surface area (Å²) < 4.78 is 4.78. The van der Waals surface area contributed by atoms with Crippen molar-refractivity contribution < 1.29 is 4.74 Å². The number of hydrogen-bond acceptors (Lipinski definition) is 3. The van der Waals surface area contributed by atoms with Crippen molar-refractivity contribution in [1.82, 2.24) is 0 Å². The van der Waals surface area contributed by atoms with Crippen LogP contribution in [0.15, 0.2) is 23.1 Å². The monoisotopic (exact) mass is 219 g/mol. The molecule has 1 aliphatic rings. The van der Waals surface area contributed by atoms with Crippen LogP contribution in [0.4, 0.5) is 0 Å². The van der Waals surface area contributed by atoms with E-state index >= 15 is 0 Å². The van der Waals surface area contributed by atoms with Gasteiger partial charge < -0.3 is 4.74 Å². The second-order valence-corrected chi connectivity index (χ2v) is 5.40. The normalized spacial score (nSPS) is 17.9. The summed E-state index contributed by atoms with van der Waals surface area (Å²) in [7, 11) is 0. The minimum Gasteiger partial charge on any atom is -0.376 e. The minimum absolute atomic E-state index is 0.349. The maximum Gasteiger partial charge on any atom is 0.153 e. The van der Waals surface area contributed by atoms with Gasteiger partial charge in [-0.3, -0.25) is 0 Å². The number of hydrogen-bond donors (Lipinski definition) is 0. The van der Waals surface area contributed by atoms with Gasteiger partial charge in [0.25, 0.3) is 0 Å². The van der Waals surface area contributed by atoms with Crippen molar-refractivity contribution in [2.45, 2.75) is 23.5 Å². The Morgan fingerprint density at radius 3 is 2.67 bits per heavy atom. The Labute approximate surface area is 94.2 Å². The molecule has 0 aliphatic carbocycles. The van der Waals surface area contributed by atoms with Crippen molar-refractivity contribution in [2.75, 3.05) is 13.2 Å². The molecule has 0 amide bonds. The van der Waals surface area contributed by atoms with Crippen LogP contribution in [-0.2, 0) is 4.74 Å². The van der Waals surface area contributed by atoms with Gasteiger partial charge in [0.1, 0.15) is 0 Å². The standard InChI is InChI=1S/C12H13NOS/c1-9-3-4-10(2)11(5-9)15-12(6-13)7-14-8-12/h3-5H,7-8H2,1-2H3. The average Bonchev–Trinajstić information content (AvgIpc) is 2.17. The number of rotatable bonds is 2. The van der Waals surface area contributed by atoms with Crippen LogP contribution in [0, 0.1) is 25.2 Å². The fourth-order valence-electron chi connectivity index (χ4n) is 1.46. The maximum absolute atomic E-state index is 9.11. The van der Waals surface area contributed by atoms with Gasteiger partial charge in [-0.25, -0.2) is 0 Å². The van der Waals surface area contributed by atoms with E-state index < -0.39 is 0 Å². The molecule has 78 valence electrons. The summed E-state index contributed by atoms with van der Waals surface area (Å²) in [5.41, 5.74) is 2.46. The Hall–Kier alpha value is -0.980. The van der Waals surface area contributed by atoms with Crippen LogP contribution >= 0.6 is 11.8 Å². The SMILES string of the molecule is Cc1ccc(C)c(SC2(C#N)COC2)c1. The van der Waals surface area contributed by atoms with E-state index in [1.807, 2.05) is 0 Å². The number of aryl methyl sites for hydroxylation is 2. The lowest BCUT2D eigenvalue weighted by Crippen LogP contribution is -2.45. The zero-order valence-corrected chi connectivity index (χ0v) is 9.73. The zero-order valence-electron chi connectivity index (χ0n) is 8.91. The molecule has 1 saturated heterocycles. The third-order valence-corrected chi connectivity index (χ3v) is 3.90. The van der Waals surface area contributed by atoms with Crippen LogP contribution in [0.25, 0.3) is 0 Å². The van der Waals surface area contributed by atoms with E-state index in [0.29, 0.717) is 13.2 Å². The summed E-state index contributed by atoms with van der Waals surface area (Å²) >= 11 is 1.63. The summed E-state index contributed by atoms with van der Waals surface area (Å²) in [6.07, 6.45) is 0. The average molecular weight is 219 g/mol. The van der Waals surface area contributed by atoms with Crippen molar-refractivity contribution in [3.8, 4) is 6.07 Å². The van der Waals surface area contributed by atoms with E-state index in [1.165, 1.54) is 16.0 Å². The Morgan fingerprint density at radius 1 is 1.40 bits per heavy atom. The van der Waals surface area contributed by atoms with Gasteiger partial charge in [-0.1, -0.05) is 29.5 Å². The lowest BCUT2D eigenvalue weighted by Gasteiger charge is -2.34. The van der Waals surface area contributed by atoms with E-state index in [1.54, 1.807) is 11.8 Å². The Bertz CT molecular complexity index is 418. The highest BCUT2D eigenvalue weighted by atomic mass is 32.2. The van der Waals surface area contributed by atoms with E-state index in [4.69, 9.17) is 10.00 Å². The Balaban J connectivity index is 2.24. The first-order valence-electron chi connectivity index (χ1n) is 4.90. The summed E-state index contributed by atoms with van der Waals surface area (Å²) in [5.74, 6) is 0. The second-order valence-electron chi connectivity index (χ2n) is 3.97. The lowest BCUT2D eigenvalue weighted by atomic mass is 10.1. The minimum atomic E-state index is -0.349. The molecule has 1 fully saturated rings. The molecule has 1 heterocycles. The number of ether oxygens (including phenoxy) is 1. The molecule has 0 N–H and O–H groups in total. The Morgan fingerprint density at radius 2 is 2.13 bits per heavy atom. The summed E-state index contributed by atoms with van der Waals surface area (Å²) in [6, 6.07) is 8.68. The second kappa shape index (κ2) is 3.88. The molecule has 1 aliphatic heterocycles. The zero-order chi connectivity index (χ0) is 10.9. The molecule has 0 saturated carbocycles. The summed E-state index contributed by atoms with van der Waals surface area (Å²) in [5, 5.41) is 9.11. The largest absolute Gasteiger partial charge is 0.376 e. The molecule has 1 aromatic rings. The first-order chi connectivity index (χ1) is 7.15. The summed E-state index contributed by atoms with van der Waals surface area (Å²) in [6.45, 7) is 5.23. The number of nitriles is 1. The molecule has 2 rings (SSSR count). The van der Waals surface area contributed by atoms with Crippen molar-refractivity contribution in [2.24, 2.45) is 0 Å². The first-order valence-corrected chi connectivity index (χ1v) is 5.72. The topological polar surface area (TPSA) is 33.0 Å². The van der Waals surface area contributed by atoms with Crippen molar-refractivity contribution in [3.05, 3.63) is 29.3 Å². The van der Waals surface area contributed by atoms with Gasteiger partial charge in [0, 0.05) is 4.90 Å². The van der Waals surface area contributed by atoms with Crippen LogP contribution < -0.4 is 0 Å². The molecule has 0 unspecified atom stereocenters. The number of nitrogens with zero attached hydrogens (tertiary/aromatic N) is 1. The molecule has 2 nitrogen and oxygen atoms in total. The van der Waals surface area contributed by atoms with Crippen LogP contribution in [0.5, 0.6) is 0 Å². The molecular formula is C12H13NOS. The van der Waals surface area contributed by atoms with Gasteiger partial charge >= 0.3 is 0 Å². The van der Waals surface area contributed by atoms with E-state index in [0.717, 1.165) is 0 Å². The van der Waals surface area contributed by atoms with Gasteiger partial charge in [-0.2, -0.15) is 5.26 Å². The fraction of sp³-hybridized carbons (Fsp3) is 0.417. The van der Waals surface area contributed by atoms with Crippen LogP contribution in [0.3, 0.4) is 0 Å². The van der Waals surface area contributed by atoms with Crippen LogP contribution in [-0.4, -0.2) is 18.0 Å². The lowest BCUT2D eigenvalue weighted by molar-refractivity contribution is 0.0161. The van der Waals surface area contributed by atoms with E-state index in [9.17, 15) is 0 Å². The number of benzene rings is 1. The third-order valence-electron chi connectivity index (χ3n) is 2.52. The highest BCUT2D eigenvalue weighted by Crippen LogP contribution is 2.39. The molecule has 0 spiro atoms. The third kappa shape index (κ3) is 2.01. The number of thioether (sulfide) groups is 1. The van der Waals surface area contributed by atoms with Crippen molar-refractivity contribution >= 4 is 11.8 Å². The molecular weight excluding hydrogens is 206 g/mol. The van der Waals surface area contributed by atoms with Gasteiger partial charge in [0.05, 0.1) is 19.3 Å².